The van der Waals surface area contributed by atoms with Crippen LogP contribution in [0.25, 0.3) is 10.1 Å². The van der Waals surface area contributed by atoms with E-state index in [-0.39, 0.29) is 6.61 Å². The molecule has 1 aromatic heterocycles. The maximum absolute atomic E-state index is 9.23. The highest BCUT2D eigenvalue weighted by molar-refractivity contribution is 7.80. The van der Waals surface area contributed by atoms with Gasteiger partial charge in [0.15, 0.2) is 0 Å². The Morgan fingerprint density at radius 3 is 2.86 bits per heavy atom. The number of aryl methyl sites for hydroxylation is 1. The molecule has 0 unspecified atom stereocenters. The second kappa shape index (κ2) is 3.93. The van der Waals surface area contributed by atoms with Gasteiger partial charge in [-0.25, -0.2) is 0 Å². The van der Waals surface area contributed by atoms with E-state index < -0.39 is 0 Å². The highest BCUT2D eigenvalue weighted by Crippen LogP contribution is 2.35. The normalized spacial score (nSPS) is 11.1. The number of thiophene rings is 1. The Kier molecular flexibility index (Phi) is 2.81. The molecule has 3 heteroatoms. The van der Waals surface area contributed by atoms with Crippen molar-refractivity contribution in [3.63, 3.8) is 0 Å². The zero-order chi connectivity index (χ0) is 10.1. The van der Waals surface area contributed by atoms with Crippen molar-refractivity contribution < 1.29 is 5.11 Å². The van der Waals surface area contributed by atoms with Crippen molar-refractivity contribution in [1.29, 1.82) is 0 Å². The lowest BCUT2D eigenvalue weighted by molar-refractivity contribution is 0.284. The third-order valence-electron chi connectivity index (χ3n) is 2.38. The van der Waals surface area contributed by atoms with Crippen LogP contribution < -0.4 is 0 Å². The fourth-order valence-electron chi connectivity index (χ4n) is 1.72. The predicted octanol–water partition coefficient (Wildman–Crippen LogP) is 3.24. The minimum atomic E-state index is 0.135. The molecule has 0 radical (unpaired) electrons. The molecule has 0 aliphatic heterocycles. The van der Waals surface area contributed by atoms with E-state index in [9.17, 15) is 5.11 Å². The summed E-state index contributed by atoms with van der Waals surface area (Å²) >= 11 is 6.07. The van der Waals surface area contributed by atoms with Gasteiger partial charge in [0.05, 0.1) is 6.61 Å². The number of rotatable bonds is 2. The minimum absolute atomic E-state index is 0.135. The van der Waals surface area contributed by atoms with E-state index in [1.54, 1.807) is 11.3 Å². The van der Waals surface area contributed by atoms with Crippen molar-refractivity contribution in [3.8, 4) is 0 Å². The Labute approximate surface area is 92.8 Å². The molecule has 0 saturated carbocycles. The van der Waals surface area contributed by atoms with Crippen molar-refractivity contribution in [2.45, 2.75) is 24.8 Å². The van der Waals surface area contributed by atoms with E-state index in [0.29, 0.717) is 0 Å². The average Bonchev–Trinajstić information content (AvgIpc) is 2.57. The lowest BCUT2D eigenvalue weighted by Gasteiger charge is -1.97. The quantitative estimate of drug-likeness (QED) is 0.750. The Morgan fingerprint density at radius 2 is 2.21 bits per heavy atom. The van der Waals surface area contributed by atoms with Gasteiger partial charge in [-0.2, -0.15) is 0 Å². The number of benzene rings is 1. The Hall–Kier alpha value is -0.510. The molecule has 1 N–H and O–H groups in total. The van der Waals surface area contributed by atoms with Gasteiger partial charge < -0.3 is 5.11 Å². The molecule has 1 heterocycles. The summed E-state index contributed by atoms with van der Waals surface area (Å²) in [5, 5.41) is 10.5. The van der Waals surface area contributed by atoms with E-state index in [1.165, 1.54) is 15.6 Å². The van der Waals surface area contributed by atoms with Gasteiger partial charge in [0.2, 0.25) is 0 Å². The smallest absolute Gasteiger partial charge is 0.0777 e. The van der Waals surface area contributed by atoms with Crippen LogP contribution in [-0.2, 0) is 13.0 Å². The summed E-state index contributed by atoms with van der Waals surface area (Å²) in [6.45, 7) is 2.25. The van der Waals surface area contributed by atoms with Crippen LogP contribution in [0.15, 0.2) is 23.1 Å². The molecule has 0 atom stereocenters. The molecule has 0 spiro atoms. The molecule has 1 nitrogen and oxygen atoms in total. The lowest BCUT2D eigenvalue weighted by atomic mass is 10.1. The highest BCUT2D eigenvalue weighted by Gasteiger charge is 2.10. The molecule has 74 valence electrons. The summed E-state index contributed by atoms with van der Waals surface area (Å²) in [5.41, 5.74) is 1.27. The van der Waals surface area contributed by atoms with E-state index in [4.69, 9.17) is 0 Å². The monoisotopic (exact) mass is 224 g/mol. The first-order chi connectivity index (χ1) is 6.77. The van der Waals surface area contributed by atoms with Gasteiger partial charge in [-0.05, 0) is 23.4 Å². The van der Waals surface area contributed by atoms with Gasteiger partial charge in [-0.3, -0.25) is 0 Å². The standard InChI is InChI=1S/C11H12OS2/c1-2-7-8-4-3-5-9(13)11(8)14-10(7)6-12/h3-5,12-13H,2,6H2,1H3. The predicted molar refractivity (Wildman–Crippen MR) is 64.4 cm³/mol. The van der Waals surface area contributed by atoms with E-state index >= 15 is 0 Å². The molecular formula is C11H12OS2. The van der Waals surface area contributed by atoms with Gasteiger partial charge in [0.25, 0.3) is 0 Å². The zero-order valence-corrected chi connectivity index (χ0v) is 9.66. The molecule has 2 aromatic rings. The molecular weight excluding hydrogens is 212 g/mol. The van der Waals surface area contributed by atoms with E-state index in [1.807, 2.05) is 12.1 Å². The number of aliphatic hydroxyl groups is 1. The third kappa shape index (κ3) is 1.45. The van der Waals surface area contributed by atoms with E-state index in [0.717, 1.165) is 16.2 Å². The van der Waals surface area contributed by atoms with Gasteiger partial charge in [0.1, 0.15) is 0 Å². The molecule has 0 saturated heterocycles. The van der Waals surface area contributed by atoms with Crippen LogP contribution in [0.5, 0.6) is 0 Å². The lowest BCUT2D eigenvalue weighted by Crippen LogP contribution is -1.84. The molecule has 0 fully saturated rings. The summed E-state index contributed by atoms with van der Waals surface area (Å²) in [6.07, 6.45) is 0.965. The van der Waals surface area contributed by atoms with Crippen molar-refractivity contribution >= 4 is 34.1 Å². The van der Waals surface area contributed by atoms with Crippen LogP contribution in [0.2, 0.25) is 0 Å². The van der Waals surface area contributed by atoms with Crippen molar-refractivity contribution in [1.82, 2.24) is 0 Å². The van der Waals surface area contributed by atoms with Crippen molar-refractivity contribution in [2.24, 2.45) is 0 Å². The third-order valence-corrected chi connectivity index (χ3v) is 4.17. The maximum atomic E-state index is 9.23. The molecule has 0 aliphatic rings. The van der Waals surface area contributed by atoms with Crippen molar-refractivity contribution in [2.75, 3.05) is 0 Å². The average molecular weight is 224 g/mol. The zero-order valence-electron chi connectivity index (χ0n) is 7.95. The summed E-state index contributed by atoms with van der Waals surface area (Å²) in [5.74, 6) is 0. The summed E-state index contributed by atoms with van der Waals surface area (Å²) in [6, 6.07) is 6.10. The second-order valence-corrected chi connectivity index (χ2v) is 4.76. The van der Waals surface area contributed by atoms with Crippen LogP contribution in [0.3, 0.4) is 0 Å². The summed E-state index contributed by atoms with van der Waals surface area (Å²) < 4.78 is 1.19. The molecule has 1 aromatic carbocycles. The number of aliphatic hydroxyl groups excluding tert-OH is 1. The topological polar surface area (TPSA) is 20.2 Å². The van der Waals surface area contributed by atoms with Gasteiger partial charge in [-0.1, -0.05) is 19.1 Å². The first-order valence-electron chi connectivity index (χ1n) is 4.61. The summed E-state index contributed by atoms with van der Waals surface area (Å²) in [7, 11) is 0. The van der Waals surface area contributed by atoms with Crippen LogP contribution in [0, 0.1) is 0 Å². The minimum Gasteiger partial charge on any atom is -0.391 e. The Bertz CT molecular complexity index is 460. The van der Waals surface area contributed by atoms with Crippen LogP contribution in [-0.4, -0.2) is 5.11 Å². The fraction of sp³-hybridized carbons (Fsp3) is 0.273. The largest absolute Gasteiger partial charge is 0.391 e. The molecule has 0 amide bonds. The highest BCUT2D eigenvalue weighted by atomic mass is 32.1. The van der Waals surface area contributed by atoms with Gasteiger partial charge >= 0.3 is 0 Å². The second-order valence-electron chi connectivity index (χ2n) is 3.17. The summed E-state index contributed by atoms with van der Waals surface area (Å²) in [4.78, 5) is 2.07. The van der Waals surface area contributed by atoms with Crippen LogP contribution in [0.4, 0.5) is 0 Å². The van der Waals surface area contributed by atoms with E-state index in [2.05, 4.69) is 25.6 Å². The molecule has 14 heavy (non-hydrogen) atoms. The van der Waals surface area contributed by atoms with Gasteiger partial charge in [-0.15, -0.1) is 24.0 Å². The SMILES string of the molecule is CCc1c(CO)sc2c(S)cccc12. The number of hydrogen-bond donors (Lipinski definition) is 2. The Balaban J connectivity index is 2.79. The first-order valence-corrected chi connectivity index (χ1v) is 5.87. The van der Waals surface area contributed by atoms with Crippen molar-refractivity contribution in [3.05, 3.63) is 28.6 Å². The van der Waals surface area contributed by atoms with Crippen LogP contribution >= 0.6 is 24.0 Å². The number of thiol groups is 1. The Morgan fingerprint density at radius 1 is 1.43 bits per heavy atom. The van der Waals surface area contributed by atoms with Gasteiger partial charge in [0, 0.05) is 14.5 Å². The number of fused-ring (bicyclic) bond motifs is 1. The molecule has 2 rings (SSSR count). The fourth-order valence-corrected chi connectivity index (χ4v) is 3.23. The maximum Gasteiger partial charge on any atom is 0.0777 e. The number of hydrogen-bond acceptors (Lipinski definition) is 3. The molecule has 0 bridgehead atoms. The first kappa shape index (κ1) is 10.0. The van der Waals surface area contributed by atoms with Crippen LogP contribution in [0.1, 0.15) is 17.4 Å². The molecule has 0 aliphatic carbocycles.